The van der Waals surface area contributed by atoms with Crippen LogP contribution in [0.25, 0.3) is 0 Å². The smallest absolute Gasteiger partial charge is 0.135 e. The molecular formula is C27H40O8. The van der Waals surface area contributed by atoms with Crippen LogP contribution in [0.1, 0.15) is 71.1 Å². The fraction of sp³-hybridized carbons (Fsp3) is 0.889. The van der Waals surface area contributed by atoms with E-state index < -0.39 is 6.10 Å². The largest absolute Gasteiger partial charge is 0.390 e. The number of rotatable bonds is 8. The van der Waals surface area contributed by atoms with Gasteiger partial charge in [0.25, 0.3) is 0 Å². The molecule has 11 atom stereocenters. The molecule has 6 saturated heterocycles. The highest BCUT2D eigenvalue weighted by atomic mass is 17.2. The maximum Gasteiger partial charge on any atom is 0.135 e. The van der Waals surface area contributed by atoms with Gasteiger partial charge in [-0.2, -0.15) is 0 Å². The molecule has 0 amide bonds. The molecule has 0 aromatic rings. The molecule has 1 saturated carbocycles. The third-order valence-electron chi connectivity index (χ3n) is 9.39. The lowest BCUT2D eigenvalue weighted by Gasteiger charge is -2.51. The summed E-state index contributed by atoms with van der Waals surface area (Å²) < 4.78 is 24.2. The summed E-state index contributed by atoms with van der Waals surface area (Å²) >= 11 is 0. The predicted octanol–water partition coefficient (Wildman–Crippen LogP) is 3.04. The molecule has 1 aliphatic carbocycles. The molecule has 8 unspecified atom stereocenters. The highest BCUT2D eigenvalue weighted by Gasteiger charge is 2.67. The number of carbonyl (C=O) groups excluding carboxylic acids is 1. The van der Waals surface area contributed by atoms with Gasteiger partial charge < -0.3 is 24.1 Å². The van der Waals surface area contributed by atoms with E-state index in [2.05, 4.69) is 6.58 Å². The van der Waals surface area contributed by atoms with Gasteiger partial charge in [-0.05, 0) is 56.9 Å². The lowest BCUT2D eigenvalue weighted by molar-refractivity contribution is -0.283. The number of aliphatic hydroxyl groups excluding tert-OH is 1. The number of ketones is 1. The average molecular weight is 493 g/mol. The second-order valence-electron chi connectivity index (χ2n) is 11.8. The Bertz CT molecular complexity index is 813. The van der Waals surface area contributed by atoms with Gasteiger partial charge in [-0.25, -0.2) is 9.78 Å². The summed E-state index contributed by atoms with van der Waals surface area (Å²) in [6, 6.07) is 0. The number of aliphatic hydroxyl groups is 1. The summed E-state index contributed by atoms with van der Waals surface area (Å²) in [6.45, 7) is 7.48. The SMILES string of the molecule is C=C1COC(CCC23C[C@@H](OO2)C3C2CC(O)[C@H]3OC(CC(=O)CC4CCO[C@H]4C)CCC3O2)C1. The second kappa shape index (κ2) is 9.78. The molecule has 6 aliphatic heterocycles. The number of Topliss-reactive ketones (excluding diaryl/α,β-unsaturated/α-hetero) is 1. The van der Waals surface area contributed by atoms with Crippen LogP contribution in [0.2, 0.25) is 0 Å². The third kappa shape index (κ3) is 4.76. The maximum absolute atomic E-state index is 12.7. The first-order valence-corrected chi connectivity index (χ1v) is 13.7. The fourth-order valence-electron chi connectivity index (χ4n) is 7.36. The Balaban J connectivity index is 1.02. The standard InChI is InChI=1S/C27H40O8/c1-15-9-19(31-14-15)5-7-27-13-24(34-35-27)25(27)23-12-21(29)26-22(33-23)4-3-20(32-26)11-18(28)10-17-6-8-30-16(17)2/h16-17,19-26,29H,1,3-14H2,2H3/t16-,17?,19?,20?,21?,22?,23?,24+,25?,26+,27?/m0/s1. The van der Waals surface area contributed by atoms with Crippen LogP contribution in [0.4, 0.5) is 0 Å². The molecule has 7 aliphatic rings. The molecule has 0 radical (unpaired) electrons. The molecule has 0 spiro atoms. The normalized spacial score (nSPS) is 49.1. The van der Waals surface area contributed by atoms with Gasteiger partial charge in [0.1, 0.15) is 23.6 Å². The summed E-state index contributed by atoms with van der Waals surface area (Å²) in [5.74, 6) is 0.673. The number of hydrogen-bond donors (Lipinski definition) is 1. The Morgan fingerprint density at radius 2 is 1.97 bits per heavy atom. The van der Waals surface area contributed by atoms with Crippen molar-refractivity contribution >= 4 is 5.78 Å². The van der Waals surface area contributed by atoms with Crippen molar-refractivity contribution in [2.75, 3.05) is 13.2 Å². The van der Waals surface area contributed by atoms with Crippen LogP contribution in [-0.2, 0) is 33.5 Å². The van der Waals surface area contributed by atoms with Gasteiger partial charge in [0, 0.05) is 38.2 Å². The molecule has 6 heterocycles. The van der Waals surface area contributed by atoms with Crippen LogP contribution in [-0.4, -0.2) is 78.5 Å². The van der Waals surface area contributed by atoms with Gasteiger partial charge in [-0.3, -0.25) is 4.79 Å². The highest BCUT2D eigenvalue weighted by Crippen LogP contribution is 2.57. The van der Waals surface area contributed by atoms with E-state index >= 15 is 0 Å². The van der Waals surface area contributed by atoms with E-state index in [1.54, 1.807) is 0 Å². The third-order valence-corrected chi connectivity index (χ3v) is 9.39. The Morgan fingerprint density at radius 3 is 2.71 bits per heavy atom. The van der Waals surface area contributed by atoms with Crippen molar-refractivity contribution in [1.82, 2.24) is 0 Å². The van der Waals surface area contributed by atoms with Crippen LogP contribution >= 0.6 is 0 Å². The second-order valence-corrected chi connectivity index (χ2v) is 11.8. The molecule has 8 nitrogen and oxygen atoms in total. The molecule has 35 heavy (non-hydrogen) atoms. The zero-order valence-electron chi connectivity index (χ0n) is 20.8. The Morgan fingerprint density at radius 1 is 1.09 bits per heavy atom. The molecule has 0 aromatic heterocycles. The molecular weight excluding hydrogens is 452 g/mol. The van der Waals surface area contributed by atoms with Crippen LogP contribution in [0.5, 0.6) is 0 Å². The van der Waals surface area contributed by atoms with Crippen molar-refractivity contribution in [2.45, 2.75) is 126 Å². The number of fused-ring (bicyclic) bond motifs is 2. The monoisotopic (exact) mass is 492 g/mol. The molecule has 1 N–H and O–H groups in total. The molecule has 7 fully saturated rings. The van der Waals surface area contributed by atoms with Crippen molar-refractivity contribution in [3.63, 3.8) is 0 Å². The van der Waals surface area contributed by atoms with Gasteiger partial charge in [-0.1, -0.05) is 6.58 Å². The predicted molar refractivity (Wildman–Crippen MR) is 124 cm³/mol. The lowest BCUT2D eigenvalue weighted by atomic mass is 9.61. The fourth-order valence-corrected chi connectivity index (χ4v) is 7.36. The van der Waals surface area contributed by atoms with Gasteiger partial charge in [0.2, 0.25) is 0 Å². The van der Waals surface area contributed by atoms with Crippen LogP contribution < -0.4 is 0 Å². The van der Waals surface area contributed by atoms with E-state index in [9.17, 15) is 9.90 Å². The summed E-state index contributed by atoms with van der Waals surface area (Å²) in [4.78, 5) is 24.1. The minimum atomic E-state index is -0.613. The van der Waals surface area contributed by atoms with E-state index in [-0.39, 0.29) is 60.0 Å². The molecule has 0 aromatic carbocycles. The van der Waals surface area contributed by atoms with E-state index in [0.29, 0.717) is 31.8 Å². The summed E-state index contributed by atoms with van der Waals surface area (Å²) in [7, 11) is 0. The molecule has 2 bridgehead atoms. The first kappa shape index (κ1) is 24.5. The highest BCUT2D eigenvalue weighted by molar-refractivity contribution is 5.79. The topological polar surface area (TPSA) is 92.7 Å². The Kier molecular flexibility index (Phi) is 6.84. The van der Waals surface area contributed by atoms with Crippen molar-refractivity contribution in [3.05, 3.63) is 12.2 Å². The quantitative estimate of drug-likeness (QED) is 0.408. The Hall–Kier alpha value is -0.870. The molecule has 7 rings (SSSR count). The van der Waals surface area contributed by atoms with E-state index in [0.717, 1.165) is 57.1 Å². The first-order valence-electron chi connectivity index (χ1n) is 13.7. The number of ether oxygens (including phenoxy) is 4. The minimum Gasteiger partial charge on any atom is -0.390 e. The maximum atomic E-state index is 12.7. The lowest BCUT2D eigenvalue weighted by Crippen LogP contribution is -2.62. The van der Waals surface area contributed by atoms with Gasteiger partial charge >= 0.3 is 0 Å². The zero-order chi connectivity index (χ0) is 24.2. The molecule has 196 valence electrons. The summed E-state index contributed by atoms with van der Waals surface area (Å²) in [5, 5.41) is 11.1. The Labute approximate surface area is 207 Å². The first-order chi connectivity index (χ1) is 16.9. The summed E-state index contributed by atoms with van der Waals surface area (Å²) in [5.41, 5.74) is 0.809. The van der Waals surface area contributed by atoms with Crippen LogP contribution in [0.3, 0.4) is 0 Å². The zero-order valence-corrected chi connectivity index (χ0v) is 20.8. The van der Waals surface area contributed by atoms with E-state index in [1.165, 1.54) is 0 Å². The van der Waals surface area contributed by atoms with Gasteiger partial charge in [0.15, 0.2) is 0 Å². The average Bonchev–Trinajstić information content (AvgIpc) is 3.59. The van der Waals surface area contributed by atoms with Crippen molar-refractivity contribution in [2.24, 2.45) is 11.8 Å². The number of hydrogen-bond acceptors (Lipinski definition) is 8. The summed E-state index contributed by atoms with van der Waals surface area (Å²) in [6.07, 6.45) is 6.56. The minimum absolute atomic E-state index is 0.0278. The van der Waals surface area contributed by atoms with E-state index in [4.69, 9.17) is 28.7 Å². The van der Waals surface area contributed by atoms with E-state index in [1.807, 2.05) is 6.92 Å². The van der Waals surface area contributed by atoms with Crippen LogP contribution in [0.15, 0.2) is 12.2 Å². The van der Waals surface area contributed by atoms with Crippen molar-refractivity contribution < 1.29 is 38.6 Å². The van der Waals surface area contributed by atoms with Crippen molar-refractivity contribution in [3.8, 4) is 0 Å². The molecule has 8 heteroatoms. The van der Waals surface area contributed by atoms with Crippen LogP contribution in [0, 0.1) is 11.8 Å². The van der Waals surface area contributed by atoms with Gasteiger partial charge in [-0.15, -0.1) is 0 Å². The van der Waals surface area contributed by atoms with Gasteiger partial charge in [0.05, 0.1) is 43.2 Å². The van der Waals surface area contributed by atoms with Crippen molar-refractivity contribution in [1.29, 1.82) is 0 Å². The number of carbonyl (C=O) groups is 1.